The van der Waals surface area contributed by atoms with E-state index >= 15 is 0 Å². The van der Waals surface area contributed by atoms with Crippen LogP contribution >= 0.6 is 0 Å². The predicted octanol–water partition coefficient (Wildman–Crippen LogP) is 3.58. The molecule has 1 aliphatic rings. The van der Waals surface area contributed by atoms with Gasteiger partial charge in [-0.3, -0.25) is 9.36 Å². The Hall–Kier alpha value is -3.04. The van der Waals surface area contributed by atoms with E-state index in [0.717, 1.165) is 53.9 Å². The Morgan fingerprint density at radius 3 is 2.74 bits per heavy atom. The summed E-state index contributed by atoms with van der Waals surface area (Å²) < 4.78 is 16.7. The molecule has 9 nitrogen and oxygen atoms in total. The molecule has 5 heterocycles. The van der Waals surface area contributed by atoms with E-state index in [-0.39, 0.29) is 6.10 Å². The summed E-state index contributed by atoms with van der Waals surface area (Å²) in [5.74, 6) is 0. The Kier molecular flexibility index (Phi) is 5.52. The van der Waals surface area contributed by atoms with Gasteiger partial charge < -0.3 is 9.47 Å². The summed E-state index contributed by atoms with van der Waals surface area (Å²) in [7, 11) is 0. The summed E-state index contributed by atoms with van der Waals surface area (Å²) >= 11 is 0. The lowest BCUT2D eigenvalue weighted by Gasteiger charge is -2.22. The zero-order chi connectivity index (χ0) is 21.2. The zero-order valence-electron chi connectivity index (χ0n) is 17.9. The lowest BCUT2D eigenvalue weighted by molar-refractivity contribution is -0.143. The van der Waals surface area contributed by atoms with Crippen molar-refractivity contribution in [1.29, 1.82) is 0 Å². The molecule has 0 N–H and O–H groups in total. The Balaban J connectivity index is 1.47. The van der Waals surface area contributed by atoms with Gasteiger partial charge in [0.25, 0.3) is 0 Å². The van der Waals surface area contributed by atoms with Crippen molar-refractivity contribution in [2.24, 2.45) is 0 Å². The second-order valence-electron chi connectivity index (χ2n) is 7.87. The van der Waals surface area contributed by atoms with Crippen LogP contribution in [0.1, 0.15) is 39.2 Å². The molecular weight excluding hydrogens is 394 g/mol. The predicted molar refractivity (Wildman–Crippen MR) is 115 cm³/mol. The van der Waals surface area contributed by atoms with Crippen LogP contribution in [-0.4, -0.2) is 53.7 Å². The van der Waals surface area contributed by atoms with Crippen molar-refractivity contribution in [3.05, 3.63) is 43.2 Å². The SMILES string of the molecule is CCC(CC)n1cc(-c2nc(-c3cnn(CC4CCOCO4)c3)cn3nccc23)cn1. The minimum atomic E-state index is 0.120. The Bertz CT molecular complexity index is 1150. The standard InChI is InChI=1S/C22H27N7O2/c1-3-18(4-2)28-12-17(10-25-28)22-21-5-7-23-29(21)14-20(26-22)16-9-24-27(11-16)13-19-6-8-30-15-31-19/h5,7,9-12,14,18-19H,3-4,6,8,13,15H2,1-2H3. The van der Waals surface area contributed by atoms with E-state index in [2.05, 4.69) is 35.3 Å². The van der Waals surface area contributed by atoms with Crippen molar-refractivity contribution in [2.45, 2.75) is 51.8 Å². The normalized spacial score (nSPS) is 17.1. The summed E-state index contributed by atoms with van der Waals surface area (Å²) in [6.45, 7) is 6.15. The van der Waals surface area contributed by atoms with Gasteiger partial charge in [0.2, 0.25) is 0 Å². The maximum absolute atomic E-state index is 5.64. The molecule has 1 saturated heterocycles. The number of ether oxygens (including phenoxy) is 2. The van der Waals surface area contributed by atoms with Crippen molar-refractivity contribution in [3.8, 4) is 22.5 Å². The first kappa shape index (κ1) is 19.9. The van der Waals surface area contributed by atoms with Crippen molar-refractivity contribution in [1.82, 2.24) is 34.2 Å². The molecule has 4 aromatic rings. The van der Waals surface area contributed by atoms with Crippen LogP contribution in [0.5, 0.6) is 0 Å². The minimum Gasteiger partial charge on any atom is -0.355 e. The molecule has 9 heteroatoms. The number of rotatable bonds is 7. The van der Waals surface area contributed by atoms with Crippen LogP contribution in [0, 0.1) is 0 Å². The molecular formula is C22H27N7O2. The van der Waals surface area contributed by atoms with E-state index in [1.54, 1.807) is 6.20 Å². The van der Waals surface area contributed by atoms with Crippen LogP contribution in [0.25, 0.3) is 28.0 Å². The average Bonchev–Trinajstić information content (AvgIpc) is 3.55. The fourth-order valence-corrected chi connectivity index (χ4v) is 4.05. The van der Waals surface area contributed by atoms with E-state index < -0.39 is 0 Å². The molecule has 31 heavy (non-hydrogen) atoms. The number of nitrogens with zero attached hydrogens (tertiary/aromatic N) is 7. The lowest BCUT2D eigenvalue weighted by Crippen LogP contribution is -2.28. The topological polar surface area (TPSA) is 84.3 Å². The van der Waals surface area contributed by atoms with Crippen LogP contribution in [0.3, 0.4) is 0 Å². The van der Waals surface area contributed by atoms with Crippen molar-refractivity contribution in [2.75, 3.05) is 13.4 Å². The average molecular weight is 422 g/mol. The molecule has 0 bridgehead atoms. The van der Waals surface area contributed by atoms with Gasteiger partial charge in [-0.05, 0) is 25.3 Å². The number of fused-ring (bicyclic) bond motifs is 1. The third kappa shape index (κ3) is 3.98. The maximum Gasteiger partial charge on any atom is 0.147 e. The molecule has 162 valence electrons. The van der Waals surface area contributed by atoms with E-state index in [0.29, 0.717) is 19.4 Å². The fourth-order valence-electron chi connectivity index (χ4n) is 4.05. The highest BCUT2D eigenvalue weighted by Gasteiger charge is 2.18. The second-order valence-corrected chi connectivity index (χ2v) is 7.87. The van der Waals surface area contributed by atoms with Crippen LogP contribution in [0.4, 0.5) is 0 Å². The summed E-state index contributed by atoms with van der Waals surface area (Å²) in [5, 5.41) is 13.6. The summed E-state index contributed by atoms with van der Waals surface area (Å²) in [5.41, 5.74) is 4.57. The van der Waals surface area contributed by atoms with Crippen LogP contribution in [-0.2, 0) is 16.0 Å². The molecule has 4 aromatic heterocycles. The summed E-state index contributed by atoms with van der Waals surface area (Å²) in [6, 6.07) is 2.37. The number of hydrogen-bond acceptors (Lipinski definition) is 6. The molecule has 1 aliphatic heterocycles. The zero-order valence-corrected chi connectivity index (χ0v) is 17.9. The van der Waals surface area contributed by atoms with E-state index in [1.165, 1.54) is 0 Å². The molecule has 5 rings (SSSR count). The van der Waals surface area contributed by atoms with Gasteiger partial charge in [-0.25, -0.2) is 9.50 Å². The first-order valence-electron chi connectivity index (χ1n) is 10.9. The van der Waals surface area contributed by atoms with Crippen molar-refractivity contribution in [3.63, 3.8) is 0 Å². The Morgan fingerprint density at radius 2 is 1.94 bits per heavy atom. The fraction of sp³-hybridized carbons (Fsp3) is 0.455. The van der Waals surface area contributed by atoms with Gasteiger partial charge in [-0.2, -0.15) is 15.3 Å². The van der Waals surface area contributed by atoms with Gasteiger partial charge in [0.05, 0.1) is 67.0 Å². The Labute approximate surface area is 180 Å². The molecule has 0 saturated carbocycles. The molecule has 0 radical (unpaired) electrons. The molecule has 1 atom stereocenters. The van der Waals surface area contributed by atoms with Gasteiger partial charge in [0.15, 0.2) is 0 Å². The first-order chi connectivity index (χ1) is 15.2. The minimum absolute atomic E-state index is 0.120. The third-order valence-electron chi connectivity index (χ3n) is 5.87. The van der Waals surface area contributed by atoms with Crippen LogP contribution < -0.4 is 0 Å². The summed E-state index contributed by atoms with van der Waals surface area (Å²) in [6.07, 6.45) is 14.6. The maximum atomic E-state index is 5.64. The highest BCUT2D eigenvalue weighted by molar-refractivity contribution is 5.78. The van der Waals surface area contributed by atoms with Gasteiger partial charge in [-0.15, -0.1) is 0 Å². The quantitative estimate of drug-likeness (QED) is 0.453. The second kappa shape index (κ2) is 8.60. The van der Waals surface area contributed by atoms with E-state index in [1.807, 2.05) is 44.7 Å². The van der Waals surface area contributed by atoms with Gasteiger partial charge in [0.1, 0.15) is 6.79 Å². The number of aromatic nitrogens is 7. The largest absolute Gasteiger partial charge is 0.355 e. The summed E-state index contributed by atoms with van der Waals surface area (Å²) in [4.78, 5) is 4.98. The molecule has 0 amide bonds. The lowest BCUT2D eigenvalue weighted by atomic mass is 10.1. The molecule has 0 spiro atoms. The van der Waals surface area contributed by atoms with Crippen LogP contribution in [0.2, 0.25) is 0 Å². The van der Waals surface area contributed by atoms with E-state index in [4.69, 9.17) is 14.5 Å². The smallest absolute Gasteiger partial charge is 0.147 e. The van der Waals surface area contributed by atoms with Crippen molar-refractivity contribution >= 4 is 5.52 Å². The van der Waals surface area contributed by atoms with Crippen molar-refractivity contribution < 1.29 is 9.47 Å². The van der Waals surface area contributed by atoms with Gasteiger partial charge in [-0.1, -0.05) is 13.8 Å². The highest BCUT2D eigenvalue weighted by Crippen LogP contribution is 2.28. The molecule has 1 fully saturated rings. The van der Waals surface area contributed by atoms with Gasteiger partial charge in [0, 0.05) is 23.5 Å². The highest BCUT2D eigenvalue weighted by atomic mass is 16.7. The van der Waals surface area contributed by atoms with E-state index in [9.17, 15) is 0 Å². The molecule has 0 aromatic carbocycles. The number of hydrogen-bond donors (Lipinski definition) is 0. The van der Waals surface area contributed by atoms with Gasteiger partial charge >= 0.3 is 0 Å². The molecule has 0 aliphatic carbocycles. The molecule has 1 unspecified atom stereocenters. The first-order valence-corrected chi connectivity index (χ1v) is 10.9. The third-order valence-corrected chi connectivity index (χ3v) is 5.87. The monoisotopic (exact) mass is 421 g/mol. The Morgan fingerprint density at radius 1 is 1.06 bits per heavy atom. The van der Waals surface area contributed by atoms with Crippen LogP contribution in [0.15, 0.2) is 43.2 Å².